The van der Waals surface area contributed by atoms with Crippen molar-refractivity contribution in [1.29, 1.82) is 0 Å². The highest BCUT2D eigenvalue weighted by Crippen LogP contribution is 2.34. The number of ether oxygens (including phenoxy) is 3. The Kier molecular flexibility index (Phi) is 5.03. The molecule has 0 spiro atoms. The van der Waals surface area contributed by atoms with Crippen molar-refractivity contribution in [3.63, 3.8) is 0 Å². The lowest BCUT2D eigenvalue weighted by atomic mass is 10.1. The van der Waals surface area contributed by atoms with Gasteiger partial charge >= 0.3 is 0 Å². The van der Waals surface area contributed by atoms with E-state index in [2.05, 4.69) is 0 Å². The summed E-state index contributed by atoms with van der Waals surface area (Å²) in [5.74, 6) is 0.653. The summed E-state index contributed by atoms with van der Waals surface area (Å²) >= 11 is 0. The number of rotatable bonds is 3. The Bertz CT molecular complexity index is 916. The molecule has 0 amide bonds. The van der Waals surface area contributed by atoms with Crippen molar-refractivity contribution in [3.8, 4) is 11.5 Å². The highest BCUT2D eigenvalue weighted by molar-refractivity contribution is 7.89. The molecular weight excluding hydrogens is 373 g/mol. The van der Waals surface area contributed by atoms with Crippen LogP contribution >= 0.6 is 0 Å². The molecule has 2 heterocycles. The van der Waals surface area contributed by atoms with E-state index < -0.39 is 16.1 Å². The molecule has 1 fully saturated rings. The maximum atomic E-state index is 13.1. The quantitative estimate of drug-likeness (QED) is 0.802. The summed E-state index contributed by atoms with van der Waals surface area (Å²) in [5, 5.41) is 0. The topological polar surface area (TPSA) is 65.1 Å². The van der Waals surface area contributed by atoms with E-state index in [9.17, 15) is 12.8 Å². The van der Waals surface area contributed by atoms with Crippen LogP contribution in [0.2, 0.25) is 0 Å². The van der Waals surface area contributed by atoms with Crippen LogP contribution in [-0.2, 0) is 14.8 Å². The van der Waals surface area contributed by atoms with Crippen molar-refractivity contribution in [3.05, 3.63) is 53.8 Å². The van der Waals surface area contributed by atoms with E-state index in [0.29, 0.717) is 24.7 Å². The molecule has 0 unspecified atom stereocenters. The monoisotopic (exact) mass is 393 g/mol. The lowest BCUT2D eigenvalue weighted by molar-refractivity contribution is -0.00259. The second-order valence-electron chi connectivity index (χ2n) is 6.43. The molecule has 0 aromatic heterocycles. The lowest BCUT2D eigenvalue weighted by Crippen LogP contribution is -2.42. The van der Waals surface area contributed by atoms with E-state index in [4.69, 9.17) is 14.2 Å². The van der Waals surface area contributed by atoms with Crippen molar-refractivity contribution in [1.82, 2.24) is 4.31 Å². The molecule has 144 valence electrons. The standard InChI is InChI=1S/C19H20FNO5S/c20-15-4-2-14(3-5-15)19-13-21(8-11-26-19)27(22,23)16-6-7-17-18(12-16)25-10-1-9-24-17/h2-7,12,19H,1,8-11,13H2/t19-/m0/s1. The molecule has 2 aliphatic heterocycles. The molecule has 6 nitrogen and oxygen atoms in total. The number of halogens is 1. The van der Waals surface area contributed by atoms with Gasteiger partial charge in [-0.05, 0) is 29.8 Å². The summed E-state index contributed by atoms with van der Waals surface area (Å²) < 4.78 is 57.6. The highest BCUT2D eigenvalue weighted by atomic mass is 32.2. The number of sulfonamides is 1. The molecule has 2 aromatic carbocycles. The minimum atomic E-state index is -3.71. The van der Waals surface area contributed by atoms with Gasteiger partial charge in [-0.2, -0.15) is 4.31 Å². The number of nitrogens with zero attached hydrogens (tertiary/aromatic N) is 1. The molecule has 0 saturated carbocycles. The van der Waals surface area contributed by atoms with Gasteiger partial charge in [0.15, 0.2) is 11.5 Å². The van der Waals surface area contributed by atoms with Crippen molar-refractivity contribution in [2.45, 2.75) is 17.4 Å². The van der Waals surface area contributed by atoms with E-state index in [-0.39, 0.29) is 30.4 Å². The first-order chi connectivity index (χ1) is 13.0. The van der Waals surface area contributed by atoms with E-state index >= 15 is 0 Å². The zero-order valence-corrected chi connectivity index (χ0v) is 15.5. The number of benzene rings is 2. The predicted molar refractivity (Wildman–Crippen MR) is 95.9 cm³/mol. The SMILES string of the molecule is O=S(=O)(c1ccc2c(c1)OCCCO2)N1CCO[C@H](c2ccc(F)cc2)C1. The fraction of sp³-hybridized carbons (Fsp3) is 0.368. The molecule has 4 rings (SSSR count). The molecule has 0 N–H and O–H groups in total. The molecule has 0 radical (unpaired) electrons. The van der Waals surface area contributed by atoms with Gasteiger partial charge in [0.1, 0.15) is 5.82 Å². The molecule has 27 heavy (non-hydrogen) atoms. The first-order valence-electron chi connectivity index (χ1n) is 8.81. The Balaban J connectivity index is 1.58. The molecular formula is C19H20FNO5S. The fourth-order valence-electron chi connectivity index (χ4n) is 3.18. The average Bonchev–Trinajstić information content (AvgIpc) is 2.93. The summed E-state index contributed by atoms with van der Waals surface area (Å²) in [6, 6.07) is 10.6. The summed E-state index contributed by atoms with van der Waals surface area (Å²) in [5.41, 5.74) is 0.745. The van der Waals surface area contributed by atoms with Gasteiger partial charge in [-0.15, -0.1) is 0 Å². The highest BCUT2D eigenvalue weighted by Gasteiger charge is 2.32. The number of morpholine rings is 1. The van der Waals surface area contributed by atoms with Crippen LogP contribution in [0.5, 0.6) is 11.5 Å². The van der Waals surface area contributed by atoms with Crippen LogP contribution in [0, 0.1) is 5.82 Å². The molecule has 1 saturated heterocycles. The van der Waals surface area contributed by atoms with Gasteiger partial charge in [0.25, 0.3) is 0 Å². The Morgan fingerprint density at radius 3 is 2.48 bits per heavy atom. The third kappa shape index (κ3) is 3.78. The fourth-order valence-corrected chi connectivity index (χ4v) is 4.62. The number of fused-ring (bicyclic) bond motifs is 1. The zero-order chi connectivity index (χ0) is 18.9. The summed E-state index contributed by atoms with van der Waals surface area (Å²) in [6.07, 6.45) is 0.314. The minimum absolute atomic E-state index is 0.159. The molecule has 0 bridgehead atoms. The smallest absolute Gasteiger partial charge is 0.243 e. The molecule has 2 aliphatic rings. The van der Waals surface area contributed by atoms with Crippen molar-refractivity contribution in [2.75, 3.05) is 32.9 Å². The van der Waals surface area contributed by atoms with Crippen LogP contribution in [0.15, 0.2) is 47.4 Å². The third-order valence-corrected chi connectivity index (χ3v) is 6.49. The van der Waals surface area contributed by atoms with Gasteiger partial charge in [-0.3, -0.25) is 0 Å². The first kappa shape index (κ1) is 18.2. The normalized spacial score (nSPS) is 20.9. The molecule has 1 atom stereocenters. The average molecular weight is 393 g/mol. The third-order valence-electron chi connectivity index (χ3n) is 4.63. The second kappa shape index (κ2) is 7.46. The lowest BCUT2D eigenvalue weighted by Gasteiger charge is -2.32. The van der Waals surface area contributed by atoms with Gasteiger partial charge in [0.2, 0.25) is 10.0 Å². The van der Waals surface area contributed by atoms with Crippen molar-refractivity contribution in [2.24, 2.45) is 0 Å². The molecule has 2 aromatic rings. The second-order valence-corrected chi connectivity index (χ2v) is 8.37. The largest absolute Gasteiger partial charge is 0.490 e. The van der Waals surface area contributed by atoms with E-state index in [1.165, 1.54) is 28.6 Å². The van der Waals surface area contributed by atoms with E-state index in [1.54, 1.807) is 18.2 Å². The Labute approximate surface area is 157 Å². The van der Waals surface area contributed by atoms with Crippen LogP contribution in [-0.4, -0.2) is 45.6 Å². The molecule has 0 aliphatic carbocycles. The maximum absolute atomic E-state index is 13.1. The number of hydrogen-bond acceptors (Lipinski definition) is 5. The van der Waals surface area contributed by atoms with Gasteiger partial charge in [0, 0.05) is 25.6 Å². The summed E-state index contributed by atoms with van der Waals surface area (Å²) in [7, 11) is -3.71. The van der Waals surface area contributed by atoms with Crippen LogP contribution in [0.3, 0.4) is 0 Å². The Hall–Kier alpha value is -2.16. The minimum Gasteiger partial charge on any atom is -0.490 e. The Morgan fingerprint density at radius 1 is 0.963 bits per heavy atom. The van der Waals surface area contributed by atoms with Gasteiger partial charge in [-0.1, -0.05) is 12.1 Å². The Morgan fingerprint density at radius 2 is 1.70 bits per heavy atom. The first-order valence-corrected chi connectivity index (χ1v) is 10.2. The van der Waals surface area contributed by atoms with Crippen LogP contribution in [0.1, 0.15) is 18.1 Å². The van der Waals surface area contributed by atoms with Crippen LogP contribution in [0.25, 0.3) is 0 Å². The predicted octanol–water partition coefficient (Wildman–Crippen LogP) is 2.75. The zero-order valence-electron chi connectivity index (χ0n) is 14.6. The van der Waals surface area contributed by atoms with Crippen LogP contribution < -0.4 is 9.47 Å². The van der Waals surface area contributed by atoms with E-state index in [0.717, 1.165) is 12.0 Å². The van der Waals surface area contributed by atoms with Gasteiger partial charge in [-0.25, -0.2) is 12.8 Å². The summed E-state index contributed by atoms with van der Waals surface area (Å²) in [4.78, 5) is 0.159. The summed E-state index contributed by atoms with van der Waals surface area (Å²) in [6.45, 7) is 1.73. The van der Waals surface area contributed by atoms with Gasteiger partial charge < -0.3 is 14.2 Å². The number of hydrogen-bond donors (Lipinski definition) is 0. The molecule has 8 heteroatoms. The van der Waals surface area contributed by atoms with E-state index in [1.807, 2.05) is 0 Å². The van der Waals surface area contributed by atoms with Crippen molar-refractivity contribution < 1.29 is 27.0 Å². The van der Waals surface area contributed by atoms with Gasteiger partial charge in [0.05, 0.1) is 30.8 Å². The van der Waals surface area contributed by atoms with Crippen molar-refractivity contribution >= 4 is 10.0 Å². The van der Waals surface area contributed by atoms with Crippen LogP contribution in [0.4, 0.5) is 4.39 Å². The maximum Gasteiger partial charge on any atom is 0.243 e.